The van der Waals surface area contributed by atoms with Gasteiger partial charge in [0.05, 0.1) is 11.3 Å². The van der Waals surface area contributed by atoms with E-state index in [0.29, 0.717) is 10.6 Å². The van der Waals surface area contributed by atoms with Gasteiger partial charge in [-0.05, 0) is 23.8 Å². The van der Waals surface area contributed by atoms with Crippen molar-refractivity contribution in [2.45, 2.75) is 19.0 Å². The highest BCUT2D eigenvalue weighted by Gasteiger charge is 2.34. The molecule has 0 radical (unpaired) electrons. The van der Waals surface area contributed by atoms with Gasteiger partial charge in [-0.15, -0.1) is 0 Å². The monoisotopic (exact) mass is 439 g/mol. The van der Waals surface area contributed by atoms with Gasteiger partial charge in [0.1, 0.15) is 12.4 Å². The number of ether oxygens (including phenoxy) is 2. The second kappa shape index (κ2) is 8.77. The fourth-order valence-electron chi connectivity index (χ4n) is 3.20. The zero-order valence-electron chi connectivity index (χ0n) is 16.1. The first-order chi connectivity index (χ1) is 14.9. The number of carbonyl (C=O) groups is 2. The third kappa shape index (κ3) is 4.54. The summed E-state index contributed by atoms with van der Waals surface area (Å²) >= 11 is 5.91. The van der Waals surface area contributed by atoms with Crippen LogP contribution in [-0.2, 0) is 11.4 Å². The molecule has 1 atom stereocenters. The SMILES string of the molecule is O=C(c1cc(OCc2ccccc2)cc2c1OC(c1ccc(Cl)cc1)C(=O)N2)C(O)O. The van der Waals surface area contributed by atoms with E-state index >= 15 is 0 Å². The van der Waals surface area contributed by atoms with Crippen LogP contribution in [0.1, 0.15) is 27.6 Å². The number of aliphatic hydroxyl groups excluding tert-OH is 1. The number of halogens is 1. The Balaban J connectivity index is 1.68. The molecule has 0 fully saturated rings. The van der Waals surface area contributed by atoms with Crippen molar-refractivity contribution >= 4 is 29.0 Å². The van der Waals surface area contributed by atoms with Gasteiger partial charge in [-0.25, -0.2) is 0 Å². The highest BCUT2D eigenvalue weighted by Crippen LogP contribution is 2.41. The maximum Gasteiger partial charge on any atom is 0.270 e. The van der Waals surface area contributed by atoms with Crippen molar-refractivity contribution in [1.82, 2.24) is 0 Å². The van der Waals surface area contributed by atoms with Crippen LogP contribution in [0.25, 0.3) is 0 Å². The van der Waals surface area contributed by atoms with E-state index in [1.165, 1.54) is 12.1 Å². The highest BCUT2D eigenvalue weighted by molar-refractivity contribution is 6.30. The summed E-state index contributed by atoms with van der Waals surface area (Å²) in [6.45, 7) is 0.219. The first kappa shape index (κ1) is 20.9. The van der Waals surface area contributed by atoms with E-state index in [9.17, 15) is 19.8 Å². The molecule has 0 aromatic heterocycles. The second-order valence-electron chi connectivity index (χ2n) is 6.90. The molecule has 1 heterocycles. The lowest BCUT2D eigenvalue weighted by molar-refractivity contribution is -0.123. The van der Waals surface area contributed by atoms with Crippen molar-refractivity contribution in [3.05, 3.63) is 88.4 Å². The molecular weight excluding hydrogens is 422 g/mol. The van der Waals surface area contributed by atoms with Crippen LogP contribution < -0.4 is 14.8 Å². The Morgan fingerprint density at radius 3 is 2.48 bits per heavy atom. The smallest absolute Gasteiger partial charge is 0.270 e. The van der Waals surface area contributed by atoms with E-state index in [0.717, 1.165) is 5.56 Å². The maximum absolute atomic E-state index is 12.7. The first-order valence-electron chi connectivity index (χ1n) is 9.40. The van der Waals surface area contributed by atoms with E-state index in [2.05, 4.69) is 5.32 Å². The highest BCUT2D eigenvalue weighted by atomic mass is 35.5. The Labute approximate surface area is 182 Å². The minimum absolute atomic E-state index is 0.0321. The van der Waals surface area contributed by atoms with E-state index in [-0.39, 0.29) is 29.4 Å². The van der Waals surface area contributed by atoms with Crippen molar-refractivity contribution in [2.24, 2.45) is 0 Å². The molecule has 0 saturated carbocycles. The number of Topliss-reactive ketones (excluding diaryl/α,β-unsaturated/α-hetero) is 1. The maximum atomic E-state index is 12.7. The standard InChI is InChI=1S/C23H18ClNO6/c24-15-8-6-14(7-9-15)20-22(27)25-18-11-16(30-12-13-4-2-1-3-5-13)10-17(21(18)31-20)19(26)23(28)29/h1-11,20,23,28-29H,12H2,(H,25,27). The van der Waals surface area contributed by atoms with Gasteiger partial charge in [0.2, 0.25) is 18.2 Å². The van der Waals surface area contributed by atoms with Gasteiger partial charge in [0.15, 0.2) is 5.75 Å². The van der Waals surface area contributed by atoms with Gasteiger partial charge >= 0.3 is 0 Å². The van der Waals surface area contributed by atoms with Gasteiger partial charge in [0.25, 0.3) is 5.91 Å². The minimum atomic E-state index is -2.25. The number of ketones is 1. The van der Waals surface area contributed by atoms with Crippen LogP contribution in [0.3, 0.4) is 0 Å². The molecule has 1 amide bonds. The van der Waals surface area contributed by atoms with Crippen LogP contribution in [0.4, 0.5) is 5.69 Å². The number of anilines is 1. The molecule has 0 saturated heterocycles. The molecule has 1 aliphatic heterocycles. The van der Waals surface area contributed by atoms with Gasteiger partial charge in [-0.2, -0.15) is 0 Å². The third-order valence-corrected chi connectivity index (χ3v) is 4.97. The third-order valence-electron chi connectivity index (χ3n) is 4.72. The Bertz CT molecular complexity index is 1110. The molecule has 0 bridgehead atoms. The molecule has 3 aromatic carbocycles. The largest absolute Gasteiger partial charge is 0.489 e. The lowest BCUT2D eigenvalue weighted by atomic mass is 10.0. The molecule has 158 valence electrons. The minimum Gasteiger partial charge on any atom is -0.489 e. The van der Waals surface area contributed by atoms with Crippen LogP contribution in [0, 0.1) is 0 Å². The van der Waals surface area contributed by atoms with E-state index < -0.39 is 24.1 Å². The summed E-state index contributed by atoms with van der Waals surface area (Å²) in [7, 11) is 0. The van der Waals surface area contributed by atoms with Crippen molar-refractivity contribution in [1.29, 1.82) is 0 Å². The number of rotatable bonds is 6. The molecule has 1 aliphatic rings. The normalized spacial score (nSPS) is 15.1. The number of carbonyl (C=O) groups excluding carboxylic acids is 2. The molecule has 31 heavy (non-hydrogen) atoms. The Morgan fingerprint density at radius 2 is 1.81 bits per heavy atom. The number of aliphatic hydroxyl groups is 2. The number of nitrogens with one attached hydrogen (secondary N) is 1. The van der Waals surface area contributed by atoms with Crippen LogP contribution in [0.5, 0.6) is 11.5 Å². The molecule has 0 spiro atoms. The van der Waals surface area contributed by atoms with Crippen LogP contribution in [0.2, 0.25) is 5.02 Å². The van der Waals surface area contributed by atoms with Crippen molar-refractivity contribution in [2.75, 3.05) is 5.32 Å². The summed E-state index contributed by atoms with van der Waals surface area (Å²) in [6, 6.07) is 18.8. The predicted molar refractivity (Wildman–Crippen MR) is 113 cm³/mol. The summed E-state index contributed by atoms with van der Waals surface area (Å²) in [5.41, 5.74) is 1.51. The van der Waals surface area contributed by atoms with Gasteiger partial charge in [0, 0.05) is 16.7 Å². The average Bonchev–Trinajstić information content (AvgIpc) is 2.77. The molecule has 3 N–H and O–H groups in total. The van der Waals surface area contributed by atoms with E-state index in [1.807, 2.05) is 30.3 Å². The number of hydrogen-bond acceptors (Lipinski definition) is 6. The summed E-state index contributed by atoms with van der Waals surface area (Å²) in [6.07, 6.45) is -3.29. The summed E-state index contributed by atoms with van der Waals surface area (Å²) < 4.78 is 11.6. The zero-order valence-corrected chi connectivity index (χ0v) is 16.9. The van der Waals surface area contributed by atoms with Crippen molar-refractivity contribution in [3.63, 3.8) is 0 Å². The number of amides is 1. The van der Waals surface area contributed by atoms with E-state index in [4.69, 9.17) is 21.1 Å². The Hall–Kier alpha value is -3.39. The van der Waals surface area contributed by atoms with Crippen LogP contribution in [0.15, 0.2) is 66.7 Å². The molecule has 1 unspecified atom stereocenters. The summed E-state index contributed by atoms with van der Waals surface area (Å²) in [5.74, 6) is -1.13. The second-order valence-corrected chi connectivity index (χ2v) is 7.33. The molecule has 4 rings (SSSR count). The van der Waals surface area contributed by atoms with Gasteiger partial charge < -0.3 is 25.0 Å². The molecule has 0 aliphatic carbocycles. The topological polar surface area (TPSA) is 105 Å². The molecular formula is C23H18ClNO6. The van der Waals surface area contributed by atoms with Gasteiger partial charge in [-0.1, -0.05) is 54.1 Å². The fourth-order valence-corrected chi connectivity index (χ4v) is 3.32. The average molecular weight is 440 g/mol. The molecule has 3 aromatic rings. The number of hydrogen-bond donors (Lipinski definition) is 3. The zero-order chi connectivity index (χ0) is 22.0. The lowest BCUT2D eigenvalue weighted by Crippen LogP contribution is -2.32. The Kier molecular flexibility index (Phi) is 5.90. The summed E-state index contributed by atoms with van der Waals surface area (Å²) in [5, 5.41) is 22.1. The predicted octanol–water partition coefficient (Wildman–Crippen LogP) is 3.48. The van der Waals surface area contributed by atoms with Crippen LogP contribution >= 0.6 is 11.6 Å². The number of fused-ring (bicyclic) bond motifs is 1. The first-order valence-corrected chi connectivity index (χ1v) is 9.78. The molecule has 8 heteroatoms. The lowest BCUT2D eigenvalue weighted by Gasteiger charge is -2.28. The van der Waals surface area contributed by atoms with Crippen molar-refractivity contribution in [3.8, 4) is 11.5 Å². The number of benzene rings is 3. The fraction of sp³-hybridized carbons (Fsp3) is 0.130. The van der Waals surface area contributed by atoms with E-state index in [1.54, 1.807) is 24.3 Å². The Morgan fingerprint density at radius 1 is 1.10 bits per heavy atom. The summed E-state index contributed by atoms with van der Waals surface area (Å²) in [4.78, 5) is 25.1. The molecule has 7 nitrogen and oxygen atoms in total. The van der Waals surface area contributed by atoms with Crippen LogP contribution in [-0.4, -0.2) is 28.2 Å². The van der Waals surface area contributed by atoms with Crippen molar-refractivity contribution < 1.29 is 29.3 Å². The quantitative estimate of drug-likeness (QED) is 0.401. The van der Waals surface area contributed by atoms with Gasteiger partial charge in [-0.3, -0.25) is 9.59 Å².